The van der Waals surface area contributed by atoms with Gasteiger partial charge in [-0.1, -0.05) is 42.1 Å². The van der Waals surface area contributed by atoms with Crippen LogP contribution in [0.3, 0.4) is 0 Å². The van der Waals surface area contributed by atoms with Crippen LogP contribution in [-0.2, 0) is 5.75 Å². The van der Waals surface area contributed by atoms with Gasteiger partial charge in [-0.2, -0.15) is 0 Å². The molecule has 0 atom stereocenters. The zero-order chi connectivity index (χ0) is 15.4. The predicted molar refractivity (Wildman–Crippen MR) is 90.0 cm³/mol. The fourth-order valence-corrected chi connectivity index (χ4v) is 3.18. The second kappa shape index (κ2) is 6.98. The largest absolute Gasteiger partial charge is 0.496 e. The fourth-order valence-electron chi connectivity index (χ4n) is 1.97. The number of hydrogen-bond donors (Lipinski definition) is 0. The Balaban J connectivity index is 1.74. The Morgan fingerprint density at radius 1 is 1.09 bits per heavy atom. The molecule has 2 aromatic carbocycles. The Hall–Kier alpha value is -1.79. The third kappa shape index (κ3) is 3.34. The first-order valence-electron chi connectivity index (χ1n) is 6.61. The zero-order valence-corrected chi connectivity index (χ0v) is 14.2. The minimum atomic E-state index is 0.509. The van der Waals surface area contributed by atoms with Crippen molar-refractivity contribution in [2.75, 3.05) is 7.11 Å². The van der Waals surface area contributed by atoms with Gasteiger partial charge in [0, 0.05) is 15.8 Å². The van der Waals surface area contributed by atoms with Gasteiger partial charge in [0.05, 0.1) is 12.7 Å². The van der Waals surface area contributed by atoms with E-state index in [1.807, 2.05) is 48.5 Å². The molecule has 0 amide bonds. The van der Waals surface area contributed by atoms with E-state index in [-0.39, 0.29) is 0 Å². The highest BCUT2D eigenvalue weighted by Crippen LogP contribution is 2.31. The van der Waals surface area contributed by atoms with E-state index in [0.717, 1.165) is 21.3 Å². The number of para-hydroxylation sites is 1. The summed E-state index contributed by atoms with van der Waals surface area (Å²) < 4.78 is 12.0. The Morgan fingerprint density at radius 2 is 1.86 bits per heavy atom. The minimum absolute atomic E-state index is 0.509. The van der Waals surface area contributed by atoms with Crippen LogP contribution in [0.1, 0.15) is 5.56 Å². The molecule has 0 saturated heterocycles. The number of ether oxygens (including phenoxy) is 1. The second-order valence-electron chi connectivity index (χ2n) is 4.45. The first-order valence-corrected chi connectivity index (χ1v) is 8.39. The SMILES string of the molecule is COc1ccccc1CSc1nnc(-c2ccccc2Br)o1. The van der Waals surface area contributed by atoms with Crippen molar-refractivity contribution in [1.82, 2.24) is 10.2 Å². The van der Waals surface area contributed by atoms with Crippen LogP contribution >= 0.6 is 27.7 Å². The van der Waals surface area contributed by atoms with Crippen molar-refractivity contribution < 1.29 is 9.15 Å². The monoisotopic (exact) mass is 376 g/mol. The van der Waals surface area contributed by atoms with Crippen LogP contribution in [0.5, 0.6) is 5.75 Å². The van der Waals surface area contributed by atoms with Crippen molar-refractivity contribution >= 4 is 27.7 Å². The summed E-state index contributed by atoms with van der Waals surface area (Å²) in [6.45, 7) is 0. The standard InChI is InChI=1S/C16H13BrN2O2S/c1-20-14-9-5-2-6-11(14)10-22-16-19-18-15(21-16)12-7-3-4-8-13(12)17/h2-9H,10H2,1H3. The molecule has 22 heavy (non-hydrogen) atoms. The maximum atomic E-state index is 5.72. The molecular formula is C16H13BrN2O2S. The van der Waals surface area contributed by atoms with Gasteiger partial charge in [-0.3, -0.25) is 0 Å². The Bertz CT molecular complexity index is 776. The van der Waals surface area contributed by atoms with Crippen LogP contribution in [0.4, 0.5) is 0 Å². The number of aromatic nitrogens is 2. The molecule has 6 heteroatoms. The van der Waals surface area contributed by atoms with Crippen molar-refractivity contribution in [2.24, 2.45) is 0 Å². The smallest absolute Gasteiger partial charge is 0.277 e. The van der Waals surface area contributed by atoms with Gasteiger partial charge in [0.2, 0.25) is 5.89 Å². The summed E-state index contributed by atoms with van der Waals surface area (Å²) in [5.74, 6) is 2.08. The topological polar surface area (TPSA) is 48.2 Å². The Kier molecular flexibility index (Phi) is 4.80. The summed E-state index contributed by atoms with van der Waals surface area (Å²) in [7, 11) is 1.67. The summed E-state index contributed by atoms with van der Waals surface area (Å²) in [6, 6.07) is 15.7. The van der Waals surface area contributed by atoms with Gasteiger partial charge in [0.15, 0.2) is 0 Å². The molecule has 112 valence electrons. The number of benzene rings is 2. The van der Waals surface area contributed by atoms with Crippen molar-refractivity contribution in [1.29, 1.82) is 0 Å². The van der Waals surface area contributed by atoms with E-state index in [0.29, 0.717) is 16.9 Å². The third-order valence-corrected chi connectivity index (χ3v) is 4.61. The highest BCUT2D eigenvalue weighted by Gasteiger charge is 2.12. The molecule has 0 aliphatic heterocycles. The lowest BCUT2D eigenvalue weighted by atomic mass is 10.2. The molecule has 1 heterocycles. The van der Waals surface area contributed by atoms with Gasteiger partial charge in [0.25, 0.3) is 5.22 Å². The van der Waals surface area contributed by atoms with Crippen LogP contribution < -0.4 is 4.74 Å². The van der Waals surface area contributed by atoms with Gasteiger partial charge in [-0.25, -0.2) is 0 Å². The molecule has 0 radical (unpaired) electrons. The number of hydrogen-bond acceptors (Lipinski definition) is 5. The number of thioether (sulfide) groups is 1. The molecule has 1 aromatic heterocycles. The van der Waals surface area contributed by atoms with Crippen molar-refractivity contribution in [3.63, 3.8) is 0 Å². The lowest BCUT2D eigenvalue weighted by Gasteiger charge is -2.05. The molecule has 0 saturated carbocycles. The van der Waals surface area contributed by atoms with Crippen LogP contribution in [0.2, 0.25) is 0 Å². The van der Waals surface area contributed by atoms with E-state index in [1.165, 1.54) is 11.8 Å². The van der Waals surface area contributed by atoms with Crippen LogP contribution in [0, 0.1) is 0 Å². The van der Waals surface area contributed by atoms with Gasteiger partial charge in [0.1, 0.15) is 5.75 Å². The highest BCUT2D eigenvalue weighted by molar-refractivity contribution is 9.10. The van der Waals surface area contributed by atoms with E-state index in [2.05, 4.69) is 26.1 Å². The average Bonchev–Trinajstić information content (AvgIpc) is 3.02. The van der Waals surface area contributed by atoms with Gasteiger partial charge >= 0.3 is 0 Å². The third-order valence-electron chi connectivity index (χ3n) is 3.05. The molecular weight excluding hydrogens is 364 g/mol. The first kappa shape index (κ1) is 15.1. The van der Waals surface area contributed by atoms with Crippen molar-refractivity contribution in [2.45, 2.75) is 11.0 Å². The van der Waals surface area contributed by atoms with E-state index in [4.69, 9.17) is 9.15 Å². The fraction of sp³-hybridized carbons (Fsp3) is 0.125. The number of halogens is 1. The van der Waals surface area contributed by atoms with E-state index < -0.39 is 0 Å². The summed E-state index contributed by atoms with van der Waals surface area (Å²) >= 11 is 4.97. The van der Waals surface area contributed by atoms with Crippen LogP contribution in [-0.4, -0.2) is 17.3 Å². The van der Waals surface area contributed by atoms with Crippen LogP contribution in [0.25, 0.3) is 11.5 Å². The molecule has 3 rings (SSSR count). The minimum Gasteiger partial charge on any atom is -0.496 e. The molecule has 0 aliphatic rings. The number of rotatable bonds is 5. The second-order valence-corrected chi connectivity index (χ2v) is 6.23. The predicted octanol–water partition coefficient (Wildman–Crippen LogP) is 4.80. The molecule has 3 aromatic rings. The lowest BCUT2D eigenvalue weighted by molar-refractivity contribution is 0.411. The molecule has 0 N–H and O–H groups in total. The maximum absolute atomic E-state index is 5.72. The van der Waals surface area contributed by atoms with Gasteiger partial charge in [-0.05, 0) is 34.1 Å². The van der Waals surface area contributed by atoms with E-state index in [9.17, 15) is 0 Å². The summed E-state index contributed by atoms with van der Waals surface area (Å²) in [4.78, 5) is 0. The molecule has 0 fully saturated rings. The quantitative estimate of drug-likeness (QED) is 0.598. The summed E-state index contributed by atoms with van der Waals surface area (Å²) in [6.07, 6.45) is 0. The van der Waals surface area contributed by atoms with Crippen molar-refractivity contribution in [3.8, 4) is 17.2 Å². The summed E-state index contributed by atoms with van der Waals surface area (Å²) in [5, 5.41) is 8.73. The molecule has 0 spiro atoms. The normalized spacial score (nSPS) is 10.6. The average molecular weight is 377 g/mol. The summed E-state index contributed by atoms with van der Waals surface area (Å²) in [5.41, 5.74) is 1.98. The van der Waals surface area contributed by atoms with Gasteiger partial charge < -0.3 is 9.15 Å². The number of nitrogens with zero attached hydrogens (tertiary/aromatic N) is 2. The zero-order valence-electron chi connectivity index (χ0n) is 11.8. The molecule has 4 nitrogen and oxygen atoms in total. The Morgan fingerprint density at radius 3 is 2.68 bits per heavy atom. The molecule has 0 bridgehead atoms. The highest BCUT2D eigenvalue weighted by atomic mass is 79.9. The maximum Gasteiger partial charge on any atom is 0.277 e. The van der Waals surface area contributed by atoms with Gasteiger partial charge in [-0.15, -0.1) is 10.2 Å². The molecule has 0 aliphatic carbocycles. The number of methoxy groups -OCH3 is 1. The Labute approximate surface area is 141 Å². The van der Waals surface area contributed by atoms with Crippen molar-refractivity contribution in [3.05, 3.63) is 58.6 Å². The first-order chi connectivity index (χ1) is 10.8. The molecule has 0 unspecified atom stereocenters. The van der Waals surface area contributed by atoms with Crippen LogP contribution in [0.15, 0.2) is 62.6 Å². The van der Waals surface area contributed by atoms with E-state index >= 15 is 0 Å². The lowest BCUT2D eigenvalue weighted by Crippen LogP contribution is -1.89. The van der Waals surface area contributed by atoms with E-state index in [1.54, 1.807) is 7.11 Å².